The fraction of sp³-hybridized carbons (Fsp3) is 0.500. The Hall–Kier alpha value is -0.806. The Morgan fingerprint density at radius 3 is 1.06 bits per heavy atom. The molecular weight excluding hydrogens is 394 g/mol. The summed E-state index contributed by atoms with van der Waals surface area (Å²) in [7, 11) is 0. The van der Waals surface area contributed by atoms with Crippen LogP contribution in [-0.4, -0.2) is 23.6 Å². The number of nitrogens with zero attached hydrogens (tertiary/aromatic N) is 2. The van der Waals surface area contributed by atoms with Gasteiger partial charge in [-0.1, -0.05) is 0 Å². The van der Waals surface area contributed by atoms with E-state index in [1.165, 1.54) is 27.7 Å². The molecule has 103 valence electrons. The third-order valence-electron chi connectivity index (χ3n) is 0.746. The van der Waals surface area contributed by atoms with Crippen molar-refractivity contribution in [2.45, 2.75) is 27.7 Å². The Morgan fingerprint density at radius 1 is 0.722 bits per heavy atom. The van der Waals surface area contributed by atoms with Crippen molar-refractivity contribution in [2.24, 2.45) is 10.2 Å². The van der Waals surface area contributed by atoms with Crippen molar-refractivity contribution < 1.29 is 37.7 Å². The second kappa shape index (κ2) is 16.2. The number of carbonyl (C=O) groups excluding carboxylic acids is 4. The molecule has 8 nitrogen and oxygen atoms in total. The van der Waals surface area contributed by atoms with E-state index in [1.807, 2.05) is 0 Å². The molecule has 0 aromatic rings. The predicted octanol–water partition coefficient (Wildman–Crippen LogP) is 0.321. The molecule has 0 saturated carbocycles. The minimum atomic E-state index is -0.458. The predicted molar refractivity (Wildman–Crippen MR) is 69.3 cm³/mol. The van der Waals surface area contributed by atoms with Crippen LogP contribution in [0.5, 0.6) is 0 Å². The average Bonchev–Trinajstić information content (AvgIpc) is 2.12. The zero-order chi connectivity index (χ0) is 13.1. The molecule has 0 heterocycles. The van der Waals surface area contributed by atoms with Crippen LogP contribution < -0.4 is 10.9 Å². The maximum absolute atomic E-state index is 10.0. The number of halogens is 1. The van der Waals surface area contributed by atoms with Gasteiger partial charge in [0, 0.05) is 46.3 Å². The maximum atomic E-state index is 10.0. The van der Waals surface area contributed by atoms with Gasteiger partial charge in [0.25, 0.3) is 11.8 Å². The van der Waals surface area contributed by atoms with Crippen molar-refractivity contribution in [3.63, 3.8) is 0 Å². The van der Waals surface area contributed by atoms with Crippen LogP contribution >= 0.6 is 24.0 Å². The molecule has 0 aromatic heterocycles. The van der Waals surface area contributed by atoms with Gasteiger partial charge in [-0.05, 0) is 0 Å². The number of hydrazine groups is 1. The third kappa shape index (κ3) is 36.2. The summed E-state index contributed by atoms with van der Waals surface area (Å²) in [6, 6.07) is 0. The number of azo groups is 1. The maximum Gasteiger partial charge on any atom is 0.261 e. The van der Waals surface area contributed by atoms with E-state index in [9.17, 15) is 19.2 Å². The quantitative estimate of drug-likeness (QED) is 0.341. The first-order chi connectivity index (χ1) is 7.25. The van der Waals surface area contributed by atoms with Crippen LogP contribution in [0.15, 0.2) is 10.2 Å². The molecule has 0 unspecified atom stereocenters. The summed E-state index contributed by atoms with van der Waals surface area (Å²) in [5.74, 6) is -1.47. The molecule has 18 heavy (non-hydrogen) atoms. The Bertz CT molecular complexity index is 292. The molecule has 0 saturated heterocycles. The Morgan fingerprint density at radius 2 is 0.944 bits per heavy atom. The van der Waals surface area contributed by atoms with E-state index in [0.717, 1.165) is 0 Å². The van der Waals surface area contributed by atoms with Crippen LogP contribution in [0.25, 0.3) is 0 Å². The van der Waals surface area contributed by atoms with Gasteiger partial charge >= 0.3 is 0 Å². The number of hydrogen-bond donors (Lipinski definition) is 2. The SMILES string of the molecule is CC(=O)N=NC(C)=O.CC(=O)NNC(C)=O.I.[V]. The van der Waals surface area contributed by atoms with Crippen molar-refractivity contribution in [2.75, 3.05) is 0 Å². The summed E-state index contributed by atoms with van der Waals surface area (Å²) in [6.45, 7) is 5.09. The van der Waals surface area contributed by atoms with Gasteiger partial charge in [0.2, 0.25) is 11.8 Å². The smallest absolute Gasteiger partial charge is 0.261 e. The molecule has 0 aromatic carbocycles. The normalized spacial score (nSPS) is 7.78. The molecule has 4 amide bonds. The molecule has 1 radical (unpaired) electrons. The molecule has 0 fully saturated rings. The first-order valence-electron chi connectivity index (χ1n) is 4.21. The zero-order valence-corrected chi connectivity index (χ0v) is 14.1. The molecule has 0 aliphatic heterocycles. The fourth-order valence-corrected chi connectivity index (χ4v) is 0.317. The molecule has 0 bridgehead atoms. The Balaban J connectivity index is -0.0000000980. The Kier molecular flexibility index (Phi) is 23.3. The summed E-state index contributed by atoms with van der Waals surface area (Å²) >= 11 is 0. The average molecular weight is 409 g/mol. The molecule has 0 aliphatic rings. The summed E-state index contributed by atoms with van der Waals surface area (Å²) < 4.78 is 0. The monoisotopic (exact) mass is 409 g/mol. The van der Waals surface area contributed by atoms with Crippen molar-refractivity contribution in [1.82, 2.24) is 10.9 Å². The second-order valence-electron chi connectivity index (χ2n) is 2.60. The van der Waals surface area contributed by atoms with E-state index < -0.39 is 11.8 Å². The summed E-state index contributed by atoms with van der Waals surface area (Å²) in [4.78, 5) is 39.9. The van der Waals surface area contributed by atoms with Crippen LogP contribution in [0.2, 0.25) is 0 Å². The van der Waals surface area contributed by atoms with E-state index in [0.29, 0.717) is 0 Å². The Labute approximate surface area is 134 Å². The van der Waals surface area contributed by atoms with Crippen molar-refractivity contribution >= 4 is 47.6 Å². The zero-order valence-electron chi connectivity index (χ0n) is 10.4. The number of carbonyl (C=O) groups is 4. The fourth-order valence-electron chi connectivity index (χ4n) is 0.317. The van der Waals surface area contributed by atoms with Gasteiger partial charge in [-0.2, -0.15) is 0 Å². The van der Waals surface area contributed by atoms with E-state index >= 15 is 0 Å². The molecular formula is C8H15IN4O4V. The van der Waals surface area contributed by atoms with E-state index in [2.05, 4.69) is 21.1 Å². The van der Waals surface area contributed by atoms with Gasteiger partial charge in [-0.25, -0.2) is 0 Å². The second-order valence-corrected chi connectivity index (χ2v) is 2.60. The summed E-state index contributed by atoms with van der Waals surface area (Å²) in [6.07, 6.45) is 0. The van der Waals surface area contributed by atoms with Gasteiger partial charge in [0.15, 0.2) is 0 Å². The van der Waals surface area contributed by atoms with Crippen LogP contribution in [-0.2, 0) is 37.7 Å². The van der Waals surface area contributed by atoms with Gasteiger partial charge in [-0.3, -0.25) is 30.0 Å². The number of nitrogens with one attached hydrogen (secondary N) is 2. The topological polar surface area (TPSA) is 117 Å². The van der Waals surface area contributed by atoms with Crippen LogP contribution in [0, 0.1) is 0 Å². The van der Waals surface area contributed by atoms with Crippen LogP contribution in [0.1, 0.15) is 27.7 Å². The van der Waals surface area contributed by atoms with Crippen LogP contribution in [0.3, 0.4) is 0 Å². The molecule has 2 N–H and O–H groups in total. The first-order valence-corrected chi connectivity index (χ1v) is 4.21. The minimum absolute atomic E-state index is 0. The molecule has 10 heteroatoms. The third-order valence-corrected chi connectivity index (χ3v) is 0.746. The van der Waals surface area contributed by atoms with E-state index in [1.54, 1.807) is 0 Å². The molecule has 0 rings (SSSR count). The van der Waals surface area contributed by atoms with E-state index in [-0.39, 0.29) is 54.3 Å². The van der Waals surface area contributed by atoms with Crippen molar-refractivity contribution in [3.8, 4) is 0 Å². The minimum Gasteiger partial charge on any atom is -0.274 e. The standard InChI is InChI=1S/C4H8N2O2.C4H6N2O2.HI.V/c2*1-3(7)5-6-4(2)8;;/h1-2H3,(H,5,7)(H,6,8);1-2H3;1H;. The molecule has 0 atom stereocenters. The summed E-state index contributed by atoms with van der Waals surface area (Å²) in [5.41, 5.74) is 4.21. The largest absolute Gasteiger partial charge is 0.274 e. The van der Waals surface area contributed by atoms with Gasteiger partial charge in [0.05, 0.1) is 0 Å². The van der Waals surface area contributed by atoms with Gasteiger partial charge < -0.3 is 0 Å². The van der Waals surface area contributed by atoms with Crippen molar-refractivity contribution in [1.29, 1.82) is 0 Å². The van der Waals surface area contributed by atoms with Gasteiger partial charge in [-0.15, -0.1) is 34.2 Å². The van der Waals surface area contributed by atoms with Gasteiger partial charge in [0.1, 0.15) is 0 Å². The molecule has 0 spiro atoms. The van der Waals surface area contributed by atoms with E-state index in [4.69, 9.17) is 0 Å². The number of hydrogen-bond acceptors (Lipinski definition) is 4. The molecule has 0 aliphatic carbocycles. The van der Waals surface area contributed by atoms with Crippen molar-refractivity contribution in [3.05, 3.63) is 0 Å². The number of amides is 4. The number of rotatable bonds is 0. The summed E-state index contributed by atoms with van der Waals surface area (Å²) in [5, 5.41) is 5.92. The van der Waals surface area contributed by atoms with Crippen LogP contribution in [0.4, 0.5) is 0 Å². The first kappa shape index (κ1) is 25.9.